The van der Waals surface area contributed by atoms with Crippen LogP contribution in [0.1, 0.15) is 71.9 Å². The van der Waals surface area contributed by atoms with Crippen molar-refractivity contribution in [1.82, 2.24) is 5.06 Å². The number of hydroxylamine groups is 2. The molecule has 1 saturated carbocycles. The first-order chi connectivity index (χ1) is 13.2. The molecule has 1 amide bonds. The number of para-hydroxylation sites is 1. The van der Waals surface area contributed by atoms with Crippen molar-refractivity contribution in [3.63, 3.8) is 0 Å². The van der Waals surface area contributed by atoms with E-state index in [-0.39, 0.29) is 17.9 Å². The monoisotopic (exact) mass is 383 g/mol. The zero-order valence-corrected chi connectivity index (χ0v) is 17.8. The fraction of sp³-hybridized carbons (Fsp3) is 0.625. The van der Waals surface area contributed by atoms with Crippen molar-refractivity contribution >= 4 is 5.91 Å². The van der Waals surface area contributed by atoms with Gasteiger partial charge in [0.05, 0.1) is 24.2 Å². The molecule has 0 bridgehead atoms. The van der Waals surface area contributed by atoms with Gasteiger partial charge in [-0.1, -0.05) is 44.5 Å². The summed E-state index contributed by atoms with van der Waals surface area (Å²) in [5, 5.41) is 1.62. The van der Waals surface area contributed by atoms with Gasteiger partial charge in [-0.3, -0.25) is 9.63 Å². The molecule has 0 unspecified atom stereocenters. The van der Waals surface area contributed by atoms with Gasteiger partial charge in [-0.15, -0.1) is 0 Å². The molecule has 2 atom stereocenters. The third-order valence-electron chi connectivity index (χ3n) is 6.91. The minimum atomic E-state index is -0.434. The smallest absolute Gasteiger partial charge is 0.270 e. The second-order valence-electron chi connectivity index (χ2n) is 10.2. The second kappa shape index (κ2) is 6.91. The number of benzene rings is 1. The molecule has 4 rings (SSSR count). The third kappa shape index (κ3) is 3.47. The highest BCUT2D eigenvalue weighted by Crippen LogP contribution is 2.50. The van der Waals surface area contributed by atoms with Crippen LogP contribution in [0, 0.1) is 17.3 Å². The number of nitrogens with zero attached hydrogens (tertiary/aromatic N) is 1. The highest BCUT2D eigenvalue weighted by Gasteiger charge is 2.53. The van der Waals surface area contributed by atoms with Crippen LogP contribution in [-0.2, 0) is 9.63 Å². The maximum absolute atomic E-state index is 13.2. The number of carbonyl (C=O) groups is 1. The fourth-order valence-electron chi connectivity index (χ4n) is 5.01. The van der Waals surface area contributed by atoms with Crippen LogP contribution in [0.15, 0.2) is 35.9 Å². The third-order valence-corrected chi connectivity index (χ3v) is 6.91. The van der Waals surface area contributed by atoms with E-state index in [1.807, 2.05) is 24.3 Å². The normalized spacial score (nSPS) is 29.0. The van der Waals surface area contributed by atoms with Crippen molar-refractivity contribution in [2.75, 3.05) is 6.61 Å². The summed E-state index contributed by atoms with van der Waals surface area (Å²) in [6.45, 7) is 11.6. The first-order valence-electron chi connectivity index (χ1n) is 10.6. The predicted molar refractivity (Wildman–Crippen MR) is 110 cm³/mol. The maximum atomic E-state index is 13.2. The van der Waals surface area contributed by atoms with Crippen molar-refractivity contribution < 1.29 is 14.4 Å². The summed E-state index contributed by atoms with van der Waals surface area (Å²) in [4.78, 5) is 19.4. The predicted octanol–water partition coefficient (Wildman–Crippen LogP) is 5.45. The number of hydrogen-bond acceptors (Lipinski definition) is 3. The Hall–Kier alpha value is -1.81. The van der Waals surface area contributed by atoms with Gasteiger partial charge in [0.1, 0.15) is 5.75 Å². The summed E-state index contributed by atoms with van der Waals surface area (Å²) in [6.07, 6.45) is 6.20. The van der Waals surface area contributed by atoms with Gasteiger partial charge in [0.2, 0.25) is 0 Å². The Morgan fingerprint density at radius 2 is 1.86 bits per heavy atom. The van der Waals surface area contributed by atoms with E-state index >= 15 is 0 Å². The Bertz CT molecular complexity index is 779. The van der Waals surface area contributed by atoms with Crippen LogP contribution in [0.5, 0.6) is 5.75 Å². The molecule has 1 aromatic rings. The van der Waals surface area contributed by atoms with Crippen LogP contribution in [0.3, 0.4) is 0 Å². The molecule has 3 aliphatic rings. The van der Waals surface area contributed by atoms with Gasteiger partial charge >= 0.3 is 0 Å². The lowest BCUT2D eigenvalue weighted by Crippen LogP contribution is -2.37. The van der Waals surface area contributed by atoms with Crippen molar-refractivity contribution in [1.29, 1.82) is 0 Å². The number of allylic oxidation sites excluding steroid dienone is 1. The molecular formula is C24H33NO3. The minimum absolute atomic E-state index is 0.0264. The van der Waals surface area contributed by atoms with Crippen molar-refractivity contribution in [2.45, 2.75) is 71.9 Å². The number of hydrogen-bond donors (Lipinski definition) is 0. The molecule has 4 nitrogen and oxygen atoms in total. The van der Waals surface area contributed by atoms with Crippen LogP contribution in [-0.4, -0.2) is 23.2 Å². The Morgan fingerprint density at radius 1 is 1.18 bits per heavy atom. The number of carbonyl (C=O) groups excluding carboxylic acids is 1. The van der Waals surface area contributed by atoms with E-state index in [9.17, 15) is 4.79 Å². The molecular weight excluding hydrogens is 350 g/mol. The van der Waals surface area contributed by atoms with Crippen LogP contribution < -0.4 is 4.74 Å². The summed E-state index contributed by atoms with van der Waals surface area (Å²) in [7, 11) is 0. The van der Waals surface area contributed by atoms with E-state index < -0.39 is 5.60 Å². The molecule has 4 heteroatoms. The Kier molecular flexibility index (Phi) is 4.81. The molecule has 2 aliphatic heterocycles. The number of amides is 1. The van der Waals surface area contributed by atoms with Crippen molar-refractivity contribution in [2.24, 2.45) is 17.3 Å². The molecule has 0 spiro atoms. The van der Waals surface area contributed by atoms with Gasteiger partial charge in [0, 0.05) is 11.6 Å². The Balaban J connectivity index is 1.55. The molecule has 2 fully saturated rings. The van der Waals surface area contributed by atoms with Crippen LogP contribution in [0.2, 0.25) is 0 Å². The van der Waals surface area contributed by atoms with Crippen LogP contribution >= 0.6 is 0 Å². The van der Waals surface area contributed by atoms with Crippen LogP contribution in [0.25, 0.3) is 0 Å². The molecule has 1 aromatic carbocycles. The molecule has 152 valence electrons. The lowest BCUT2D eigenvalue weighted by Gasteiger charge is -2.35. The van der Waals surface area contributed by atoms with Gasteiger partial charge in [0.25, 0.3) is 5.91 Å². The number of rotatable bonds is 1. The lowest BCUT2D eigenvalue weighted by atomic mass is 9.71. The lowest BCUT2D eigenvalue weighted by molar-refractivity contribution is -0.200. The number of fused-ring (bicyclic) bond motifs is 3. The molecule has 0 radical (unpaired) electrons. The standard InChI is InChI=1S/C24H33NO3/c1-23(2,3)17-12-10-16(11-13-17)14-21(26)25-22-18-8-6-7-9-20(18)27-15-19(22)24(4,5)28-25/h6-9,14,17,19,22H,10-13,15H2,1-5H3/t17?,19-,22+/m0/s1. The average molecular weight is 384 g/mol. The average Bonchev–Trinajstić information content (AvgIpc) is 2.93. The van der Waals surface area contributed by atoms with E-state index in [1.165, 1.54) is 5.57 Å². The van der Waals surface area contributed by atoms with E-state index in [2.05, 4.69) is 40.7 Å². The van der Waals surface area contributed by atoms with Crippen molar-refractivity contribution in [3.8, 4) is 5.75 Å². The first-order valence-corrected chi connectivity index (χ1v) is 10.6. The van der Waals surface area contributed by atoms with Gasteiger partial charge in [0.15, 0.2) is 0 Å². The molecule has 2 heterocycles. The Labute approximate surface area is 168 Å². The highest BCUT2D eigenvalue weighted by molar-refractivity contribution is 5.88. The maximum Gasteiger partial charge on any atom is 0.270 e. The molecule has 28 heavy (non-hydrogen) atoms. The summed E-state index contributed by atoms with van der Waals surface area (Å²) in [5.74, 6) is 1.69. The van der Waals surface area contributed by atoms with E-state index in [0.29, 0.717) is 12.0 Å². The quantitative estimate of drug-likeness (QED) is 0.605. The van der Waals surface area contributed by atoms with Crippen molar-refractivity contribution in [3.05, 3.63) is 41.5 Å². The summed E-state index contributed by atoms with van der Waals surface area (Å²) in [6, 6.07) is 7.92. The van der Waals surface area contributed by atoms with Gasteiger partial charge in [-0.2, -0.15) is 0 Å². The molecule has 1 aliphatic carbocycles. The minimum Gasteiger partial charge on any atom is -0.493 e. The van der Waals surface area contributed by atoms with E-state index in [1.54, 1.807) is 5.06 Å². The molecule has 1 saturated heterocycles. The summed E-state index contributed by atoms with van der Waals surface area (Å²) >= 11 is 0. The highest BCUT2D eigenvalue weighted by atomic mass is 16.7. The zero-order chi connectivity index (χ0) is 20.1. The van der Waals surface area contributed by atoms with E-state index in [4.69, 9.17) is 9.57 Å². The molecule has 0 N–H and O–H groups in total. The SMILES string of the molecule is CC(C)(C)C1CCC(=CC(=O)N2OC(C)(C)[C@H]3COc4ccccc4[C@H]32)CC1. The fourth-order valence-corrected chi connectivity index (χ4v) is 5.01. The first kappa shape index (κ1) is 19.5. The largest absolute Gasteiger partial charge is 0.493 e. The topological polar surface area (TPSA) is 38.8 Å². The van der Waals surface area contributed by atoms with Gasteiger partial charge < -0.3 is 4.74 Å². The second-order valence-corrected chi connectivity index (χ2v) is 10.2. The summed E-state index contributed by atoms with van der Waals surface area (Å²) in [5.41, 5.74) is 2.22. The Morgan fingerprint density at radius 3 is 2.54 bits per heavy atom. The van der Waals surface area contributed by atoms with Gasteiger partial charge in [-0.05, 0) is 56.9 Å². The number of ether oxygens (including phenoxy) is 1. The van der Waals surface area contributed by atoms with E-state index in [0.717, 1.165) is 42.9 Å². The van der Waals surface area contributed by atoms with Gasteiger partial charge in [-0.25, -0.2) is 5.06 Å². The summed E-state index contributed by atoms with van der Waals surface area (Å²) < 4.78 is 5.96. The molecule has 0 aromatic heterocycles. The van der Waals surface area contributed by atoms with Crippen LogP contribution in [0.4, 0.5) is 0 Å². The zero-order valence-electron chi connectivity index (χ0n) is 17.8.